The topological polar surface area (TPSA) is 66.7 Å². The van der Waals surface area contributed by atoms with Crippen LogP contribution in [-0.4, -0.2) is 52.9 Å². The minimum absolute atomic E-state index is 0.00509. The van der Waals surface area contributed by atoms with E-state index >= 15 is 0 Å². The van der Waals surface area contributed by atoms with Gasteiger partial charge >= 0.3 is 0 Å². The van der Waals surface area contributed by atoms with Crippen molar-refractivity contribution in [1.82, 2.24) is 15.0 Å². The van der Waals surface area contributed by atoms with Crippen LogP contribution >= 0.6 is 0 Å². The second-order valence-corrected chi connectivity index (χ2v) is 7.70. The first kappa shape index (κ1) is 19.1. The van der Waals surface area contributed by atoms with E-state index in [9.17, 15) is 9.59 Å². The lowest BCUT2D eigenvalue weighted by molar-refractivity contribution is -0.151. The second-order valence-electron chi connectivity index (χ2n) is 7.70. The van der Waals surface area contributed by atoms with E-state index in [2.05, 4.69) is 5.16 Å². The Kier molecular flexibility index (Phi) is 5.35. The molecule has 0 radical (unpaired) electrons. The molecule has 1 aliphatic heterocycles. The van der Waals surface area contributed by atoms with Crippen LogP contribution in [0.5, 0.6) is 0 Å². The number of rotatable bonds is 5. The number of aromatic nitrogens is 1. The maximum atomic E-state index is 13.2. The van der Waals surface area contributed by atoms with Crippen molar-refractivity contribution in [3.63, 3.8) is 0 Å². The Balaban J connectivity index is 1.95. The van der Waals surface area contributed by atoms with Gasteiger partial charge in [-0.1, -0.05) is 49.3 Å². The van der Waals surface area contributed by atoms with Crippen LogP contribution in [0, 0.1) is 5.92 Å². The van der Waals surface area contributed by atoms with Gasteiger partial charge in [-0.2, -0.15) is 0 Å². The van der Waals surface area contributed by atoms with Crippen molar-refractivity contribution in [3.05, 3.63) is 42.2 Å². The molecule has 1 aromatic heterocycles. The average molecular weight is 369 g/mol. The van der Waals surface area contributed by atoms with Crippen molar-refractivity contribution in [1.29, 1.82) is 0 Å². The lowest BCUT2D eigenvalue weighted by Crippen LogP contribution is -2.59. The molecule has 0 aliphatic carbocycles. The molecule has 144 valence electrons. The molecule has 0 unspecified atom stereocenters. The summed E-state index contributed by atoms with van der Waals surface area (Å²) in [5.41, 5.74) is 0.790. The summed E-state index contributed by atoms with van der Waals surface area (Å²) in [7, 11) is 3.46. The van der Waals surface area contributed by atoms with Gasteiger partial charge in [-0.25, -0.2) is 0 Å². The van der Waals surface area contributed by atoms with Gasteiger partial charge in [-0.3, -0.25) is 9.59 Å². The lowest BCUT2D eigenvalue weighted by atomic mass is 9.88. The van der Waals surface area contributed by atoms with Crippen molar-refractivity contribution in [2.75, 3.05) is 20.6 Å². The highest BCUT2D eigenvalue weighted by Crippen LogP contribution is 2.36. The molecule has 6 nitrogen and oxygen atoms in total. The van der Waals surface area contributed by atoms with Crippen molar-refractivity contribution in [3.8, 4) is 11.3 Å². The molecule has 2 aromatic rings. The Morgan fingerprint density at radius 2 is 1.96 bits per heavy atom. The van der Waals surface area contributed by atoms with Gasteiger partial charge in [0.1, 0.15) is 17.0 Å². The monoisotopic (exact) mass is 369 g/mol. The molecule has 2 amide bonds. The first-order valence-corrected chi connectivity index (χ1v) is 9.39. The molecule has 27 heavy (non-hydrogen) atoms. The van der Waals surface area contributed by atoms with Gasteiger partial charge in [0.15, 0.2) is 0 Å². The molecule has 0 saturated carbocycles. The van der Waals surface area contributed by atoms with Gasteiger partial charge in [0.25, 0.3) is 0 Å². The average Bonchev–Trinajstić information content (AvgIpc) is 3.29. The van der Waals surface area contributed by atoms with Gasteiger partial charge in [0.05, 0.1) is 0 Å². The zero-order chi connectivity index (χ0) is 19.6. The number of benzene rings is 1. The number of hydrogen-bond acceptors (Lipinski definition) is 4. The van der Waals surface area contributed by atoms with Crippen molar-refractivity contribution in [2.45, 2.75) is 38.6 Å². The number of likely N-dealkylation sites (tertiary alicyclic amines) is 1. The molecular formula is C21H27N3O3. The fraction of sp³-hybridized carbons (Fsp3) is 0.476. The number of nitrogens with zero attached hydrogens (tertiary/aromatic N) is 3. The Hall–Kier alpha value is -2.63. The molecule has 1 atom stereocenters. The van der Waals surface area contributed by atoms with Gasteiger partial charge < -0.3 is 14.3 Å². The largest absolute Gasteiger partial charge is 0.361 e. The van der Waals surface area contributed by atoms with Crippen LogP contribution in [0.25, 0.3) is 11.3 Å². The highest BCUT2D eigenvalue weighted by atomic mass is 16.5. The first-order valence-electron chi connectivity index (χ1n) is 9.39. The van der Waals surface area contributed by atoms with E-state index in [1.807, 2.05) is 50.2 Å². The fourth-order valence-electron chi connectivity index (χ4n) is 3.84. The molecule has 0 spiro atoms. The fourth-order valence-corrected chi connectivity index (χ4v) is 3.84. The second kappa shape index (κ2) is 7.55. The summed E-state index contributed by atoms with van der Waals surface area (Å²) >= 11 is 0. The maximum Gasteiger partial charge on any atom is 0.248 e. The van der Waals surface area contributed by atoms with Crippen LogP contribution in [-0.2, 0) is 16.0 Å². The Morgan fingerprint density at radius 1 is 1.26 bits per heavy atom. The number of hydrogen-bond donors (Lipinski definition) is 0. The summed E-state index contributed by atoms with van der Waals surface area (Å²) in [5, 5.41) is 4.17. The van der Waals surface area contributed by atoms with Gasteiger partial charge in [0.2, 0.25) is 11.8 Å². The van der Waals surface area contributed by atoms with Crippen LogP contribution in [0.1, 0.15) is 32.4 Å². The summed E-state index contributed by atoms with van der Waals surface area (Å²) < 4.78 is 5.57. The molecule has 6 heteroatoms. The molecule has 2 heterocycles. The van der Waals surface area contributed by atoms with E-state index in [4.69, 9.17) is 4.52 Å². The molecule has 3 rings (SSSR count). The van der Waals surface area contributed by atoms with E-state index in [1.165, 1.54) is 0 Å². The Morgan fingerprint density at radius 3 is 2.59 bits per heavy atom. The lowest BCUT2D eigenvalue weighted by Gasteiger charge is -2.39. The van der Waals surface area contributed by atoms with Gasteiger partial charge in [-0.05, 0) is 12.8 Å². The van der Waals surface area contributed by atoms with Crippen molar-refractivity contribution >= 4 is 11.8 Å². The SMILES string of the molecule is CC(C)C(=O)N1CCC[C@]1(Cc1cc(-c2ccccc2)no1)C(=O)N(C)C. The van der Waals surface area contributed by atoms with Gasteiger partial charge in [-0.15, -0.1) is 0 Å². The molecule has 0 N–H and O–H groups in total. The van der Waals surface area contributed by atoms with Crippen LogP contribution in [0.15, 0.2) is 40.9 Å². The third-order valence-corrected chi connectivity index (χ3v) is 5.15. The van der Waals surface area contributed by atoms with E-state index < -0.39 is 5.54 Å². The molecule has 1 saturated heterocycles. The zero-order valence-corrected chi connectivity index (χ0v) is 16.4. The third-order valence-electron chi connectivity index (χ3n) is 5.15. The Labute approximate surface area is 160 Å². The third kappa shape index (κ3) is 3.61. The number of carbonyl (C=O) groups is 2. The highest BCUT2D eigenvalue weighted by Gasteiger charge is 2.51. The summed E-state index contributed by atoms with van der Waals surface area (Å²) in [6.45, 7) is 4.33. The summed E-state index contributed by atoms with van der Waals surface area (Å²) in [6, 6.07) is 11.6. The van der Waals surface area contributed by atoms with Crippen LogP contribution < -0.4 is 0 Å². The predicted molar refractivity (Wildman–Crippen MR) is 103 cm³/mol. The molecule has 0 bridgehead atoms. The van der Waals surface area contributed by atoms with Crippen LogP contribution in [0.3, 0.4) is 0 Å². The zero-order valence-electron chi connectivity index (χ0n) is 16.4. The summed E-state index contributed by atoms with van der Waals surface area (Å²) in [4.78, 5) is 29.3. The van der Waals surface area contributed by atoms with E-state index in [1.54, 1.807) is 23.9 Å². The van der Waals surface area contributed by atoms with E-state index in [0.29, 0.717) is 25.1 Å². The normalized spacial score (nSPS) is 19.5. The van der Waals surface area contributed by atoms with Crippen molar-refractivity contribution in [2.24, 2.45) is 5.92 Å². The Bertz CT molecular complexity index is 813. The molecule has 1 aromatic carbocycles. The van der Waals surface area contributed by atoms with E-state index in [-0.39, 0.29) is 17.7 Å². The molecule has 1 aliphatic rings. The summed E-state index contributed by atoms with van der Waals surface area (Å²) in [6.07, 6.45) is 1.77. The highest BCUT2D eigenvalue weighted by molar-refractivity contribution is 5.92. The smallest absolute Gasteiger partial charge is 0.248 e. The number of amides is 2. The number of likely N-dealkylation sites (N-methyl/N-ethyl adjacent to an activating group) is 1. The van der Waals surface area contributed by atoms with Crippen LogP contribution in [0.2, 0.25) is 0 Å². The predicted octanol–water partition coefficient (Wildman–Crippen LogP) is 2.99. The standard InChI is InChI=1S/C21H27N3O3/c1-15(2)19(25)24-12-8-11-21(24,20(26)23(3)4)14-17-13-18(22-27-17)16-9-6-5-7-10-16/h5-7,9-10,13,15H,8,11-12,14H2,1-4H3/t21-/m0/s1. The summed E-state index contributed by atoms with van der Waals surface area (Å²) in [5.74, 6) is 0.400. The van der Waals surface area contributed by atoms with Crippen molar-refractivity contribution < 1.29 is 14.1 Å². The van der Waals surface area contributed by atoms with Gasteiger partial charge in [0, 0.05) is 44.6 Å². The molecular weight excluding hydrogens is 342 g/mol. The first-order chi connectivity index (χ1) is 12.8. The maximum absolute atomic E-state index is 13.2. The van der Waals surface area contributed by atoms with Crippen LogP contribution in [0.4, 0.5) is 0 Å². The van der Waals surface area contributed by atoms with E-state index in [0.717, 1.165) is 17.7 Å². The minimum Gasteiger partial charge on any atom is -0.361 e. The number of carbonyl (C=O) groups excluding carboxylic acids is 2. The molecule has 1 fully saturated rings. The minimum atomic E-state index is -0.904. The quantitative estimate of drug-likeness (QED) is 0.813.